The van der Waals surface area contributed by atoms with Crippen LogP contribution in [-0.2, 0) is 0 Å². The summed E-state index contributed by atoms with van der Waals surface area (Å²) < 4.78 is 16.8. The number of para-hydroxylation sites is 1. The lowest BCUT2D eigenvalue weighted by Crippen LogP contribution is -1.96. The van der Waals surface area contributed by atoms with Crippen LogP contribution in [-0.4, -0.2) is 12.2 Å². The molecule has 0 fully saturated rings. The van der Waals surface area contributed by atoms with Crippen molar-refractivity contribution >= 4 is 0 Å². The van der Waals surface area contributed by atoms with Gasteiger partial charge >= 0.3 is 0 Å². The van der Waals surface area contributed by atoms with E-state index in [1.165, 1.54) is 7.11 Å². The van der Waals surface area contributed by atoms with Crippen LogP contribution in [0.2, 0.25) is 0 Å². The summed E-state index contributed by atoms with van der Waals surface area (Å²) in [6.07, 6.45) is 0.413. The summed E-state index contributed by atoms with van der Waals surface area (Å²) in [5.41, 5.74) is 0.555. The Bertz CT molecular complexity index is 297. The van der Waals surface area contributed by atoms with Crippen molar-refractivity contribution in [2.75, 3.05) is 7.11 Å². The van der Waals surface area contributed by atoms with Crippen LogP contribution in [0.15, 0.2) is 36.7 Å². The second-order valence-electron chi connectivity index (χ2n) is 2.51. The molecule has 0 aliphatic carbocycles. The van der Waals surface area contributed by atoms with Crippen molar-refractivity contribution in [2.45, 2.75) is 6.10 Å². The summed E-state index contributed by atoms with van der Waals surface area (Å²) in [4.78, 5) is 0. The molecule has 2 nitrogen and oxygen atoms in total. The van der Waals surface area contributed by atoms with Crippen molar-refractivity contribution in [2.24, 2.45) is 0 Å². The van der Waals surface area contributed by atoms with Crippen LogP contribution in [0.4, 0.5) is 4.39 Å². The normalized spacial score (nSPS) is 13.2. The number of hydrogen-bond acceptors (Lipinski definition) is 2. The monoisotopic (exact) mass is 182 g/mol. The molecule has 0 spiro atoms. The molecule has 0 aliphatic heterocycles. The van der Waals surface area contributed by atoms with Gasteiger partial charge in [-0.1, -0.05) is 18.2 Å². The highest BCUT2D eigenvalue weighted by Crippen LogP contribution is 2.25. The van der Waals surface area contributed by atoms with Crippen LogP contribution in [0.3, 0.4) is 0 Å². The van der Waals surface area contributed by atoms with E-state index in [1.807, 2.05) is 0 Å². The highest BCUT2D eigenvalue weighted by molar-refractivity contribution is 5.36. The van der Waals surface area contributed by atoms with Crippen LogP contribution in [0.25, 0.3) is 0 Å². The molecule has 0 bridgehead atoms. The Hall–Kier alpha value is -1.35. The zero-order valence-corrected chi connectivity index (χ0v) is 7.27. The molecule has 0 aromatic heterocycles. The fourth-order valence-corrected chi connectivity index (χ4v) is 1.08. The molecule has 1 atom stereocenters. The standard InChI is InChI=1S/C10H11FO2/c1-13-10-5-3-2-4-8(10)9(12)6-7-11/h2-7,9,12H,1H3/b7-6+. The molecule has 0 aliphatic rings. The lowest BCUT2D eigenvalue weighted by molar-refractivity contribution is 0.221. The van der Waals surface area contributed by atoms with E-state index in [-0.39, 0.29) is 0 Å². The molecule has 70 valence electrons. The Labute approximate surface area is 76.3 Å². The van der Waals surface area contributed by atoms with Gasteiger partial charge in [-0.2, -0.15) is 0 Å². The Balaban J connectivity index is 2.98. The molecule has 0 heterocycles. The Morgan fingerprint density at radius 2 is 2.15 bits per heavy atom. The fourth-order valence-electron chi connectivity index (χ4n) is 1.08. The van der Waals surface area contributed by atoms with E-state index in [1.54, 1.807) is 24.3 Å². The SMILES string of the molecule is COc1ccccc1C(O)/C=C/F. The van der Waals surface area contributed by atoms with Crippen molar-refractivity contribution in [3.05, 3.63) is 42.2 Å². The number of rotatable bonds is 3. The molecule has 1 N–H and O–H groups in total. The zero-order valence-electron chi connectivity index (χ0n) is 7.27. The zero-order chi connectivity index (χ0) is 9.68. The third-order valence-electron chi connectivity index (χ3n) is 1.71. The van der Waals surface area contributed by atoms with Crippen LogP contribution in [0.1, 0.15) is 11.7 Å². The summed E-state index contributed by atoms with van der Waals surface area (Å²) in [5.74, 6) is 0.549. The number of halogens is 1. The van der Waals surface area contributed by atoms with E-state index in [9.17, 15) is 9.50 Å². The van der Waals surface area contributed by atoms with Gasteiger partial charge in [0.2, 0.25) is 0 Å². The van der Waals surface area contributed by atoms with E-state index in [2.05, 4.69) is 0 Å². The molecule has 1 rings (SSSR count). The first-order chi connectivity index (χ1) is 6.29. The second-order valence-corrected chi connectivity index (χ2v) is 2.51. The highest BCUT2D eigenvalue weighted by atomic mass is 19.1. The van der Waals surface area contributed by atoms with Crippen molar-refractivity contribution < 1.29 is 14.2 Å². The van der Waals surface area contributed by atoms with Gasteiger partial charge in [-0.25, -0.2) is 4.39 Å². The third-order valence-corrected chi connectivity index (χ3v) is 1.71. The number of methoxy groups -OCH3 is 1. The first kappa shape index (κ1) is 9.74. The number of ether oxygens (including phenoxy) is 1. The van der Waals surface area contributed by atoms with Gasteiger partial charge in [-0.15, -0.1) is 0 Å². The molecule has 1 unspecified atom stereocenters. The summed E-state index contributed by atoms with van der Waals surface area (Å²) in [6, 6.07) is 6.94. The van der Waals surface area contributed by atoms with E-state index >= 15 is 0 Å². The van der Waals surface area contributed by atoms with Gasteiger partial charge < -0.3 is 9.84 Å². The van der Waals surface area contributed by atoms with Gasteiger partial charge in [0, 0.05) is 5.56 Å². The first-order valence-corrected chi connectivity index (χ1v) is 3.87. The maximum Gasteiger partial charge on any atom is 0.124 e. The summed E-state index contributed by atoms with van der Waals surface area (Å²) >= 11 is 0. The van der Waals surface area contributed by atoms with E-state index in [4.69, 9.17) is 4.74 Å². The van der Waals surface area contributed by atoms with Gasteiger partial charge in [-0.3, -0.25) is 0 Å². The van der Waals surface area contributed by atoms with Crippen molar-refractivity contribution in [3.8, 4) is 5.75 Å². The topological polar surface area (TPSA) is 29.5 Å². The smallest absolute Gasteiger partial charge is 0.124 e. The molecule has 0 amide bonds. The van der Waals surface area contributed by atoms with Gasteiger partial charge in [0.05, 0.1) is 13.4 Å². The van der Waals surface area contributed by atoms with Crippen LogP contribution in [0, 0.1) is 0 Å². The minimum Gasteiger partial charge on any atom is -0.496 e. The molecule has 3 heteroatoms. The minimum atomic E-state index is -0.957. The summed E-state index contributed by atoms with van der Waals surface area (Å²) in [7, 11) is 1.50. The van der Waals surface area contributed by atoms with E-state index < -0.39 is 6.10 Å². The second kappa shape index (κ2) is 4.62. The highest BCUT2D eigenvalue weighted by Gasteiger charge is 2.08. The molecule has 0 radical (unpaired) electrons. The van der Waals surface area contributed by atoms with Gasteiger partial charge in [-0.05, 0) is 12.1 Å². The molecular formula is C10H11FO2. The summed E-state index contributed by atoms with van der Waals surface area (Å²) in [5, 5.41) is 9.43. The van der Waals surface area contributed by atoms with E-state index in [0.29, 0.717) is 17.6 Å². The Kier molecular flexibility index (Phi) is 3.46. The average molecular weight is 182 g/mol. The van der Waals surface area contributed by atoms with Crippen molar-refractivity contribution in [1.82, 2.24) is 0 Å². The van der Waals surface area contributed by atoms with Crippen molar-refractivity contribution in [1.29, 1.82) is 0 Å². The number of aliphatic hydroxyl groups excluding tert-OH is 1. The molecular weight excluding hydrogens is 171 g/mol. The molecule has 0 saturated carbocycles. The molecule has 0 saturated heterocycles. The van der Waals surface area contributed by atoms with E-state index in [0.717, 1.165) is 6.08 Å². The first-order valence-electron chi connectivity index (χ1n) is 3.87. The van der Waals surface area contributed by atoms with Crippen molar-refractivity contribution in [3.63, 3.8) is 0 Å². The predicted molar refractivity (Wildman–Crippen MR) is 48.2 cm³/mol. The number of aliphatic hydroxyl groups is 1. The summed E-state index contributed by atoms with van der Waals surface area (Å²) in [6.45, 7) is 0. The average Bonchev–Trinajstić information content (AvgIpc) is 2.18. The quantitative estimate of drug-likeness (QED) is 0.776. The predicted octanol–water partition coefficient (Wildman–Crippen LogP) is 2.21. The Morgan fingerprint density at radius 1 is 1.46 bits per heavy atom. The van der Waals surface area contributed by atoms with Gasteiger partial charge in [0.25, 0.3) is 0 Å². The molecule has 1 aromatic carbocycles. The molecule has 1 aromatic rings. The lowest BCUT2D eigenvalue weighted by atomic mass is 10.1. The lowest BCUT2D eigenvalue weighted by Gasteiger charge is -2.10. The third kappa shape index (κ3) is 2.29. The fraction of sp³-hybridized carbons (Fsp3) is 0.200. The van der Waals surface area contributed by atoms with Crippen LogP contribution in [0.5, 0.6) is 5.75 Å². The maximum atomic E-state index is 11.8. The number of hydrogen-bond donors (Lipinski definition) is 1. The van der Waals surface area contributed by atoms with Crippen LogP contribution < -0.4 is 4.74 Å². The maximum absolute atomic E-state index is 11.8. The number of benzene rings is 1. The molecule has 13 heavy (non-hydrogen) atoms. The van der Waals surface area contributed by atoms with Gasteiger partial charge in [0.15, 0.2) is 0 Å². The van der Waals surface area contributed by atoms with Crippen LogP contribution >= 0.6 is 0 Å². The Morgan fingerprint density at radius 3 is 2.77 bits per heavy atom. The largest absolute Gasteiger partial charge is 0.496 e. The minimum absolute atomic E-state index is 0.317. The van der Waals surface area contributed by atoms with Gasteiger partial charge in [0.1, 0.15) is 11.9 Å².